The van der Waals surface area contributed by atoms with E-state index in [4.69, 9.17) is 0 Å². The van der Waals surface area contributed by atoms with Gasteiger partial charge in [0.1, 0.15) is 0 Å². The molecule has 1 amide bonds. The average molecular weight is 254 g/mol. The maximum Gasteiger partial charge on any atom is 0.251 e. The fourth-order valence-corrected chi connectivity index (χ4v) is 2.15. The van der Waals surface area contributed by atoms with Crippen LogP contribution in [0.1, 0.15) is 29.8 Å². The van der Waals surface area contributed by atoms with Gasteiger partial charge in [-0.25, -0.2) is 0 Å². The summed E-state index contributed by atoms with van der Waals surface area (Å²) in [5, 5.41) is 2.90. The second kappa shape index (κ2) is 3.09. The number of fused-ring (bicyclic) bond motifs is 1. The van der Waals surface area contributed by atoms with E-state index in [0.29, 0.717) is 6.54 Å². The Balaban J connectivity index is 2.63. The minimum atomic E-state index is 0.0284. The zero-order chi connectivity index (χ0) is 10.3. The summed E-state index contributed by atoms with van der Waals surface area (Å²) in [4.78, 5) is 11.6. The van der Waals surface area contributed by atoms with Gasteiger partial charge < -0.3 is 5.32 Å². The van der Waals surface area contributed by atoms with E-state index in [1.54, 1.807) is 0 Å². The van der Waals surface area contributed by atoms with Crippen LogP contribution in [0.5, 0.6) is 0 Å². The zero-order valence-electron chi connectivity index (χ0n) is 8.23. The van der Waals surface area contributed by atoms with E-state index in [1.807, 2.05) is 18.2 Å². The molecule has 1 heterocycles. The van der Waals surface area contributed by atoms with Gasteiger partial charge >= 0.3 is 0 Å². The van der Waals surface area contributed by atoms with Crippen LogP contribution in [0.15, 0.2) is 22.7 Å². The lowest BCUT2D eigenvalue weighted by molar-refractivity contribution is 0.0930. The van der Waals surface area contributed by atoms with Crippen LogP contribution in [0.25, 0.3) is 0 Å². The van der Waals surface area contributed by atoms with E-state index in [-0.39, 0.29) is 11.3 Å². The third-order valence-electron chi connectivity index (χ3n) is 2.65. The lowest BCUT2D eigenvalue weighted by Gasteiger charge is -2.32. The van der Waals surface area contributed by atoms with Crippen LogP contribution in [-0.2, 0) is 5.41 Å². The van der Waals surface area contributed by atoms with E-state index in [2.05, 4.69) is 35.1 Å². The summed E-state index contributed by atoms with van der Waals surface area (Å²) in [7, 11) is 0. The van der Waals surface area contributed by atoms with Crippen molar-refractivity contribution in [2.24, 2.45) is 0 Å². The van der Waals surface area contributed by atoms with Gasteiger partial charge in [0, 0.05) is 22.0 Å². The normalized spacial score (nSPS) is 18.6. The molecule has 14 heavy (non-hydrogen) atoms. The summed E-state index contributed by atoms with van der Waals surface area (Å²) in [5.41, 5.74) is 1.95. The first kappa shape index (κ1) is 9.71. The second-order valence-corrected chi connectivity index (χ2v) is 5.17. The molecule has 1 aromatic rings. The van der Waals surface area contributed by atoms with Gasteiger partial charge in [-0.2, -0.15) is 0 Å². The lowest BCUT2D eigenvalue weighted by atomic mass is 9.79. The Bertz CT molecular complexity index is 398. The highest BCUT2D eigenvalue weighted by molar-refractivity contribution is 9.10. The van der Waals surface area contributed by atoms with E-state index >= 15 is 0 Å². The van der Waals surface area contributed by atoms with Gasteiger partial charge in [-0.1, -0.05) is 35.8 Å². The van der Waals surface area contributed by atoms with Crippen LogP contribution in [0.2, 0.25) is 0 Å². The molecule has 0 radical (unpaired) electrons. The standard InChI is InChI=1S/C11H12BrNO/c1-11(2)6-13-10(14)8-5-7(12)3-4-9(8)11/h3-5H,6H2,1-2H3,(H,13,14). The van der Waals surface area contributed by atoms with Crippen molar-refractivity contribution in [2.75, 3.05) is 6.54 Å². The molecule has 1 aliphatic rings. The third kappa shape index (κ3) is 1.46. The Morgan fingerprint density at radius 2 is 2.14 bits per heavy atom. The van der Waals surface area contributed by atoms with E-state index in [9.17, 15) is 4.79 Å². The number of rotatable bonds is 0. The monoisotopic (exact) mass is 253 g/mol. The molecule has 1 N–H and O–H groups in total. The SMILES string of the molecule is CC1(C)CNC(=O)c2cc(Br)ccc21. The van der Waals surface area contributed by atoms with E-state index in [1.165, 1.54) is 0 Å². The Morgan fingerprint density at radius 1 is 1.43 bits per heavy atom. The largest absolute Gasteiger partial charge is 0.351 e. The highest BCUT2D eigenvalue weighted by Gasteiger charge is 2.31. The fraction of sp³-hybridized carbons (Fsp3) is 0.364. The smallest absolute Gasteiger partial charge is 0.251 e. The molecule has 2 nitrogen and oxygen atoms in total. The summed E-state index contributed by atoms with van der Waals surface area (Å²) in [6.07, 6.45) is 0. The Morgan fingerprint density at radius 3 is 2.86 bits per heavy atom. The highest BCUT2D eigenvalue weighted by Crippen LogP contribution is 2.30. The van der Waals surface area contributed by atoms with Gasteiger partial charge in [-0.15, -0.1) is 0 Å². The van der Waals surface area contributed by atoms with Crippen LogP contribution in [0.4, 0.5) is 0 Å². The van der Waals surface area contributed by atoms with Crippen molar-refractivity contribution in [3.8, 4) is 0 Å². The van der Waals surface area contributed by atoms with Crippen LogP contribution in [0, 0.1) is 0 Å². The number of amides is 1. The number of hydrogen-bond acceptors (Lipinski definition) is 1. The zero-order valence-corrected chi connectivity index (χ0v) is 9.81. The predicted octanol–water partition coefficient (Wildman–Crippen LogP) is 2.47. The summed E-state index contributed by atoms with van der Waals surface area (Å²) >= 11 is 3.38. The first-order chi connectivity index (χ1) is 6.50. The molecule has 0 saturated carbocycles. The Labute approximate surface area is 91.8 Å². The van der Waals surface area contributed by atoms with Crippen molar-refractivity contribution >= 4 is 21.8 Å². The number of carbonyl (C=O) groups is 1. The molecule has 0 fully saturated rings. The topological polar surface area (TPSA) is 29.1 Å². The van der Waals surface area contributed by atoms with Crippen molar-refractivity contribution in [3.63, 3.8) is 0 Å². The maximum absolute atomic E-state index is 11.6. The molecule has 0 atom stereocenters. The van der Waals surface area contributed by atoms with Gasteiger partial charge in [0.25, 0.3) is 5.91 Å². The molecule has 1 aromatic carbocycles. The molecule has 0 aliphatic carbocycles. The molecule has 74 valence electrons. The number of benzene rings is 1. The third-order valence-corrected chi connectivity index (χ3v) is 3.14. The molecule has 2 rings (SSSR count). The van der Waals surface area contributed by atoms with E-state index < -0.39 is 0 Å². The number of hydrogen-bond donors (Lipinski definition) is 1. The molecule has 0 spiro atoms. The number of halogens is 1. The molecular weight excluding hydrogens is 242 g/mol. The highest BCUT2D eigenvalue weighted by atomic mass is 79.9. The van der Waals surface area contributed by atoms with Gasteiger partial charge in [-0.3, -0.25) is 4.79 Å². The molecule has 0 bridgehead atoms. The molecule has 1 aliphatic heterocycles. The summed E-state index contributed by atoms with van der Waals surface area (Å²) in [6.45, 7) is 4.98. The summed E-state index contributed by atoms with van der Waals surface area (Å²) in [5.74, 6) is 0.0284. The van der Waals surface area contributed by atoms with Gasteiger partial charge in [-0.05, 0) is 17.7 Å². The molecule has 0 unspecified atom stereocenters. The minimum absolute atomic E-state index is 0.0284. The van der Waals surface area contributed by atoms with Crippen molar-refractivity contribution in [2.45, 2.75) is 19.3 Å². The fourth-order valence-electron chi connectivity index (χ4n) is 1.79. The van der Waals surface area contributed by atoms with E-state index in [0.717, 1.165) is 15.6 Å². The van der Waals surface area contributed by atoms with Crippen molar-refractivity contribution in [1.82, 2.24) is 5.32 Å². The van der Waals surface area contributed by atoms with Gasteiger partial charge in [0.15, 0.2) is 0 Å². The second-order valence-electron chi connectivity index (χ2n) is 4.26. The lowest BCUT2D eigenvalue weighted by Crippen LogP contribution is -2.43. The Hall–Kier alpha value is -0.830. The van der Waals surface area contributed by atoms with Gasteiger partial charge in [0.05, 0.1) is 0 Å². The van der Waals surface area contributed by atoms with Crippen LogP contribution < -0.4 is 5.32 Å². The minimum Gasteiger partial charge on any atom is -0.351 e. The van der Waals surface area contributed by atoms with Gasteiger partial charge in [0.2, 0.25) is 0 Å². The summed E-state index contributed by atoms with van der Waals surface area (Å²) < 4.78 is 0.948. The number of carbonyl (C=O) groups excluding carboxylic acids is 1. The molecule has 3 heteroatoms. The van der Waals surface area contributed by atoms with Crippen LogP contribution >= 0.6 is 15.9 Å². The van der Waals surface area contributed by atoms with Crippen molar-refractivity contribution in [3.05, 3.63) is 33.8 Å². The maximum atomic E-state index is 11.6. The molecule has 0 aromatic heterocycles. The summed E-state index contributed by atoms with van der Waals surface area (Å²) in [6, 6.07) is 5.89. The van der Waals surface area contributed by atoms with Crippen molar-refractivity contribution < 1.29 is 4.79 Å². The van der Waals surface area contributed by atoms with Crippen molar-refractivity contribution in [1.29, 1.82) is 0 Å². The van der Waals surface area contributed by atoms with Crippen LogP contribution in [-0.4, -0.2) is 12.5 Å². The average Bonchev–Trinajstić information content (AvgIpc) is 2.12. The number of nitrogens with one attached hydrogen (secondary N) is 1. The predicted molar refractivity (Wildman–Crippen MR) is 59.5 cm³/mol. The molecule has 0 saturated heterocycles. The Kier molecular flexibility index (Phi) is 2.14. The first-order valence-corrected chi connectivity index (χ1v) is 5.38. The van der Waals surface area contributed by atoms with Crippen LogP contribution in [0.3, 0.4) is 0 Å². The quantitative estimate of drug-likeness (QED) is 0.757. The first-order valence-electron chi connectivity index (χ1n) is 4.59. The molecular formula is C11H12BrNO.